The number of sulfonamides is 1. The van der Waals surface area contributed by atoms with E-state index in [2.05, 4.69) is 10.1 Å². The minimum Gasteiger partial charge on any atom is -0.361 e. The molecule has 0 N–H and O–H groups in total. The van der Waals surface area contributed by atoms with E-state index in [-0.39, 0.29) is 0 Å². The third-order valence-corrected chi connectivity index (χ3v) is 7.35. The lowest BCUT2D eigenvalue weighted by Crippen LogP contribution is -2.34. The molecule has 0 spiro atoms. The van der Waals surface area contributed by atoms with Crippen LogP contribution in [0.5, 0.6) is 0 Å². The van der Waals surface area contributed by atoms with Gasteiger partial charge in [0.25, 0.3) is 10.0 Å². The first-order valence-electron chi connectivity index (χ1n) is 7.35. The number of aromatic nitrogens is 1. The van der Waals surface area contributed by atoms with Gasteiger partial charge in [-0.25, -0.2) is 8.42 Å². The fourth-order valence-corrected chi connectivity index (χ4v) is 5.74. The van der Waals surface area contributed by atoms with Gasteiger partial charge < -0.3 is 4.52 Å². The average molecular weight is 376 g/mol. The summed E-state index contributed by atoms with van der Waals surface area (Å²) in [5.41, 5.74) is 0.879. The number of hydrogen-bond acceptors (Lipinski definition) is 6. The molecule has 0 amide bonds. The smallest absolute Gasteiger partial charge is 0.252 e. The summed E-state index contributed by atoms with van der Waals surface area (Å²) in [6, 6.07) is 5.10. The van der Waals surface area contributed by atoms with Gasteiger partial charge in [-0.15, -0.1) is 11.3 Å². The van der Waals surface area contributed by atoms with Crippen LogP contribution in [0.3, 0.4) is 0 Å². The van der Waals surface area contributed by atoms with Crippen LogP contribution in [-0.2, 0) is 16.6 Å². The van der Waals surface area contributed by atoms with Gasteiger partial charge in [0.2, 0.25) is 0 Å². The number of nitrogens with zero attached hydrogens (tertiary/aromatic N) is 3. The van der Waals surface area contributed by atoms with Crippen molar-refractivity contribution in [2.24, 2.45) is 0 Å². The Morgan fingerprint density at radius 3 is 2.78 bits per heavy atom. The van der Waals surface area contributed by atoms with Crippen molar-refractivity contribution in [3.63, 3.8) is 0 Å². The molecule has 3 rings (SSSR count). The van der Waals surface area contributed by atoms with Crippen LogP contribution in [0.15, 0.2) is 26.9 Å². The Hall–Kier alpha value is -0.930. The summed E-state index contributed by atoms with van der Waals surface area (Å²) in [6.07, 6.45) is 0.787. The summed E-state index contributed by atoms with van der Waals surface area (Å²) < 4.78 is 32.7. The average Bonchev–Trinajstić information content (AvgIpc) is 3.03. The molecule has 1 aliphatic rings. The topological polar surface area (TPSA) is 66.7 Å². The van der Waals surface area contributed by atoms with Crippen molar-refractivity contribution in [1.82, 2.24) is 14.4 Å². The molecule has 126 valence electrons. The largest absolute Gasteiger partial charge is 0.361 e. The first-order valence-corrected chi connectivity index (χ1v) is 9.98. The van der Waals surface area contributed by atoms with Gasteiger partial charge in [0.05, 0.1) is 10.0 Å². The second-order valence-corrected chi connectivity index (χ2v) is 9.40. The van der Waals surface area contributed by atoms with E-state index in [0.717, 1.165) is 35.8 Å². The highest BCUT2D eigenvalue weighted by Crippen LogP contribution is 2.28. The van der Waals surface area contributed by atoms with Gasteiger partial charge in [-0.2, -0.15) is 4.31 Å². The van der Waals surface area contributed by atoms with Crippen LogP contribution < -0.4 is 0 Å². The Kier molecular flexibility index (Phi) is 5.07. The monoisotopic (exact) mass is 375 g/mol. The van der Waals surface area contributed by atoms with Gasteiger partial charge in [0, 0.05) is 32.2 Å². The number of hydrogen-bond donors (Lipinski definition) is 0. The van der Waals surface area contributed by atoms with Gasteiger partial charge in [0.1, 0.15) is 9.97 Å². The summed E-state index contributed by atoms with van der Waals surface area (Å²) in [7, 11) is -3.45. The molecule has 2 aromatic rings. The summed E-state index contributed by atoms with van der Waals surface area (Å²) in [6.45, 7) is 5.03. The Bertz CT molecular complexity index is 772. The maximum Gasteiger partial charge on any atom is 0.252 e. The molecule has 1 aliphatic heterocycles. The van der Waals surface area contributed by atoms with Crippen molar-refractivity contribution in [2.75, 3.05) is 26.2 Å². The maximum absolute atomic E-state index is 12.7. The molecule has 1 fully saturated rings. The van der Waals surface area contributed by atoms with Crippen molar-refractivity contribution in [2.45, 2.75) is 24.1 Å². The summed E-state index contributed by atoms with van der Waals surface area (Å²) in [5, 5.41) is 4.00. The molecule has 23 heavy (non-hydrogen) atoms. The lowest BCUT2D eigenvalue weighted by atomic mass is 10.3. The molecule has 0 bridgehead atoms. The van der Waals surface area contributed by atoms with E-state index in [0.29, 0.717) is 34.7 Å². The predicted octanol–water partition coefficient (Wildman–Crippen LogP) is 2.59. The molecule has 3 heterocycles. The zero-order valence-electron chi connectivity index (χ0n) is 12.7. The zero-order chi connectivity index (χ0) is 16.4. The molecule has 0 radical (unpaired) electrons. The van der Waals surface area contributed by atoms with Crippen molar-refractivity contribution in [3.8, 4) is 0 Å². The Labute approximate surface area is 144 Å². The molecule has 9 heteroatoms. The van der Waals surface area contributed by atoms with E-state index in [1.165, 1.54) is 0 Å². The summed E-state index contributed by atoms with van der Waals surface area (Å²) >= 11 is 6.97. The third-order valence-electron chi connectivity index (χ3n) is 3.75. The molecule has 0 aliphatic carbocycles. The van der Waals surface area contributed by atoms with Crippen molar-refractivity contribution in [3.05, 3.63) is 34.0 Å². The summed E-state index contributed by atoms with van der Waals surface area (Å²) in [4.78, 5) is 2.20. The van der Waals surface area contributed by atoms with Gasteiger partial charge in [-0.3, -0.25) is 4.90 Å². The zero-order valence-corrected chi connectivity index (χ0v) is 15.1. The maximum atomic E-state index is 12.7. The molecule has 0 atom stereocenters. The van der Waals surface area contributed by atoms with Crippen molar-refractivity contribution in [1.29, 1.82) is 0 Å². The second kappa shape index (κ2) is 6.90. The summed E-state index contributed by atoms with van der Waals surface area (Å²) in [5.74, 6) is 0.786. The van der Waals surface area contributed by atoms with E-state index in [9.17, 15) is 8.42 Å². The quantitative estimate of drug-likeness (QED) is 0.821. The molecular formula is C14H18ClN3O3S2. The highest BCUT2D eigenvalue weighted by molar-refractivity contribution is 7.91. The fraction of sp³-hybridized carbons (Fsp3) is 0.500. The van der Waals surface area contributed by atoms with Gasteiger partial charge >= 0.3 is 0 Å². The number of aryl methyl sites for hydroxylation is 1. The van der Waals surface area contributed by atoms with Gasteiger partial charge in [0.15, 0.2) is 0 Å². The molecule has 0 unspecified atom stereocenters. The second-order valence-electron chi connectivity index (χ2n) is 5.52. The van der Waals surface area contributed by atoms with Crippen molar-refractivity contribution >= 4 is 33.0 Å². The van der Waals surface area contributed by atoms with Crippen LogP contribution in [0, 0.1) is 6.92 Å². The molecule has 6 nitrogen and oxygen atoms in total. The highest BCUT2D eigenvalue weighted by atomic mass is 35.5. The molecule has 0 saturated carbocycles. The van der Waals surface area contributed by atoms with E-state index >= 15 is 0 Å². The molecular weight excluding hydrogens is 358 g/mol. The van der Waals surface area contributed by atoms with Gasteiger partial charge in [-0.05, 0) is 32.0 Å². The van der Waals surface area contributed by atoms with Crippen LogP contribution in [0.2, 0.25) is 4.34 Å². The Morgan fingerprint density at radius 1 is 1.30 bits per heavy atom. The first kappa shape index (κ1) is 16.9. The minimum atomic E-state index is -3.45. The Morgan fingerprint density at radius 2 is 2.13 bits per heavy atom. The number of thiophene rings is 1. The van der Waals surface area contributed by atoms with Crippen LogP contribution in [-0.4, -0.2) is 49.0 Å². The number of rotatable bonds is 4. The van der Waals surface area contributed by atoms with E-state index < -0.39 is 10.0 Å². The Balaban J connectivity index is 1.66. The number of halogens is 1. The van der Waals surface area contributed by atoms with Crippen LogP contribution >= 0.6 is 22.9 Å². The van der Waals surface area contributed by atoms with Crippen LogP contribution in [0.25, 0.3) is 0 Å². The molecule has 2 aromatic heterocycles. The van der Waals surface area contributed by atoms with Gasteiger partial charge in [-0.1, -0.05) is 16.8 Å². The lowest BCUT2D eigenvalue weighted by molar-refractivity contribution is 0.268. The normalized spacial score (nSPS) is 18.2. The van der Waals surface area contributed by atoms with E-state index in [1.54, 1.807) is 16.4 Å². The third kappa shape index (κ3) is 3.95. The standard InChI is InChI=1S/C14H18ClN3O3S2/c1-11-9-12(16-21-11)10-17-5-2-6-18(8-7-17)23(19,20)14-4-3-13(15)22-14/h3-4,9H,2,5-8,10H2,1H3. The predicted molar refractivity (Wildman–Crippen MR) is 89.2 cm³/mol. The van der Waals surface area contributed by atoms with Crippen LogP contribution in [0.1, 0.15) is 17.9 Å². The van der Waals surface area contributed by atoms with Crippen LogP contribution in [0.4, 0.5) is 0 Å². The minimum absolute atomic E-state index is 0.308. The first-order chi connectivity index (χ1) is 10.9. The molecule has 0 aromatic carbocycles. The SMILES string of the molecule is Cc1cc(CN2CCCN(S(=O)(=O)c3ccc(Cl)s3)CC2)no1. The molecule has 1 saturated heterocycles. The fourth-order valence-electron chi connectivity index (χ4n) is 2.63. The van der Waals surface area contributed by atoms with E-state index in [4.69, 9.17) is 16.1 Å². The van der Waals surface area contributed by atoms with E-state index in [1.807, 2.05) is 13.0 Å². The lowest BCUT2D eigenvalue weighted by Gasteiger charge is -2.20. The van der Waals surface area contributed by atoms with Crippen molar-refractivity contribution < 1.29 is 12.9 Å². The highest BCUT2D eigenvalue weighted by Gasteiger charge is 2.28.